The largest absolute Gasteiger partial charge is 0.494 e. The molecule has 1 unspecified atom stereocenters. The Morgan fingerprint density at radius 3 is 2.60 bits per heavy atom. The van der Waals surface area contributed by atoms with Crippen molar-refractivity contribution in [2.45, 2.75) is 19.8 Å². The molecule has 1 aliphatic carbocycles. The molecule has 0 saturated carbocycles. The van der Waals surface area contributed by atoms with Crippen LogP contribution < -0.4 is 10.6 Å². The first-order valence-electron chi connectivity index (χ1n) is 12.5. The van der Waals surface area contributed by atoms with Crippen molar-refractivity contribution in [3.05, 3.63) is 123 Å². The van der Waals surface area contributed by atoms with Crippen molar-refractivity contribution in [2.24, 2.45) is 0 Å². The average Bonchev–Trinajstić information content (AvgIpc) is 2.94. The normalized spacial score (nSPS) is 13.9. The van der Waals surface area contributed by atoms with E-state index in [2.05, 4.69) is 28.8 Å². The third-order valence-corrected chi connectivity index (χ3v) is 7.18. The number of aromatic nitrogens is 2. The van der Waals surface area contributed by atoms with E-state index < -0.39 is 11.6 Å². The summed E-state index contributed by atoms with van der Waals surface area (Å²) in [5, 5.41) is 14.4. The van der Waals surface area contributed by atoms with Gasteiger partial charge in [0.1, 0.15) is 28.9 Å². The molecule has 0 aliphatic heterocycles. The molecule has 0 spiro atoms. The van der Waals surface area contributed by atoms with Gasteiger partial charge in [-0.2, -0.15) is 0 Å². The van der Waals surface area contributed by atoms with Gasteiger partial charge in [0.05, 0.1) is 23.5 Å². The number of methoxy groups -OCH3 is 1. The van der Waals surface area contributed by atoms with Crippen LogP contribution in [-0.2, 0) is 4.74 Å². The van der Waals surface area contributed by atoms with E-state index >= 15 is 0 Å². The number of hydrogen-bond donors (Lipinski definition) is 3. The summed E-state index contributed by atoms with van der Waals surface area (Å²) in [6.45, 7) is 12.3. The molecule has 206 valence electrons. The molecule has 40 heavy (non-hydrogen) atoms. The van der Waals surface area contributed by atoms with Crippen LogP contribution >= 0.6 is 11.6 Å². The number of allylic oxidation sites excluding steroid dienone is 3. The van der Waals surface area contributed by atoms with E-state index in [0.717, 1.165) is 28.3 Å². The first kappa shape index (κ1) is 28.7. The minimum atomic E-state index is -0.828. The maximum Gasteiger partial charge on any atom is 0.145 e. The standard InChI is InChI=1S/C31H30ClF2N5O/c1-16-10-27(39-31(18(16)3)22-13-24(32)26(34)14-25(22)33)23(20-7-8-37-29(12-20)36-5)15-38-19(4)21-9-17(2)30(35)28(11-21)40-6/h7-14,23,35,38H,2,4,15H2,1,3,5-6H3,(H,36,37). The number of nitrogens with one attached hydrogen (secondary N) is 3. The number of halogens is 3. The molecule has 3 aromatic rings. The van der Waals surface area contributed by atoms with Crippen LogP contribution in [0.4, 0.5) is 14.6 Å². The van der Waals surface area contributed by atoms with Crippen LogP contribution in [-0.4, -0.2) is 36.4 Å². The molecular formula is C31H30ClF2N5O. The molecule has 9 heteroatoms. The van der Waals surface area contributed by atoms with Crippen LogP contribution in [0, 0.1) is 30.9 Å². The molecule has 2 aromatic heterocycles. The van der Waals surface area contributed by atoms with Crippen molar-refractivity contribution in [3.63, 3.8) is 0 Å². The lowest BCUT2D eigenvalue weighted by atomic mass is 9.92. The maximum atomic E-state index is 14.9. The van der Waals surface area contributed by atoms with Gasteiger partial charge in [-0.25, -0.2) is 13.8 Å². The van der Waals surface area contributed by atoms with E-state index in [1.807, 2.05) is 32.0 Å². The van der Waals surface area contributed by atoms with Crippen molar-refractivity contribution in [2.75, 3.05) is 26.0 Å². The summed E-state index contributed by atoms with van der Waals surface area (Å²) in [5.41, 5.74) is 5.83. The van der Waals surface area contributed by atoms with E-state index in [-0.39, 0.29) is 22.2 Å². The number of pyridine rings is 2. The quantitative estimate of drug-likeness (QED) is 0.245. The van der Waals surface area contributed by atoms with Gasteiger partial charge in [-0.15, -0.1) is 0 Å². The summed E-state index contributed by atoms with van der Waals surface area (Å²) in [4.78, 5) is 9.22. The molecule has 0 bridgehead atoms. The Hall–Kier alpha value is -4.30. The monoisotopic (exact) mass is 561 g/mol. The Kier molecular flexibility index (Phi) is 8.49. The maximum absolute atomic E-state index is 14.9. The first-order chi connectivity index (χ1) is 19.0. The molecule has 0 radical (unpaired) electrons. The van der Waals surface area contributed by atoms with Gasteiger partial charge in [0, 0.05) is 48.6 Å². The fourth-order valence-electron chi connectivity index (χ4n) is 4.44. The van der Waals surface area contributed by atoms with Crippen LogP contribution in [0.5, 0.6) is 0 Å². The highest BCUT2D eigenvalue weighted by atomic mass is 35.5. The number of ether oxygens (including phenoxy) is 1. The second-order valence-corrected chi connectivity index (χ2v) is 9.84. The highest BCUT2D eigenvalue weighted by molar-refractivity contribution is 6.31. The van der Waals surface area contributed by atoms with Crippen LogP contribution in [0.25, 0.3) is 11.3 Å². The summed E-state index contributed by atoms with van der Waals surface area (Å²) in [7, 11) is 3.29. The van der Waals surface area contributed by atoms with Gasteiger partial charge in [-0.3, -0.25) is 10.4 Å². The van der Waals surface area contributed by atoms with Gasteiger partial charge in [-0.05, 0) is 72.5 Å². The minimum absolute atomic E-state index is 0.126. The highest BCUT2D eigenvalue weighted by Crippen LogP contribution is 2.34. The van der Waals surface area contributed by atoms with Crippen molar-refractivity contribution in [1.29, 1.82) is 5.41 Å². The number of anilines is 1. The van der Waals surface area contributed by atoms with E-state index in [1.165, 1.54) is 13.2 Å². The van der Waals surface area contributed by atoms with Crippen LogP contribution in [0.15, 0.2) is 84.4 Å². The molecule has 6 nitrogen and oxygen atoms in total. The lowest BCUT2D eigenvalue weighted by Gasteiger charge is -2.23. The Morgan fingerprint density at radius 1 is 1.15 bits per heavy atom. The Morgan fingerprint density at radius 2 is 1.90 bits per heavy atom. The molecule has 1 atom stereocenters. The summed E-state index contributed by atoms with van der Waals surface area (Å²) in [6.07, 6.45) is 5.21. The summed E-state index contributed by atoms with van der Waals surface area (Å²) >= 11 is 6.02. The molecule has 1 aromatic carbocycles. The lowest BCUT2D eigenvalue weighted by molar-refractivity contribution is 0.314. The Bertz CT molecular complexity index is 1590. The molecule has 0 amide bonds. The second kappa shape index (κ2) is 11.8. The lowest BCUT2D eigenvalue weighted by Crippen LogP contribution is -2.24. The second-order valence-electron chi connectivity index (χ2n) is 9.43. The molecule has 0 saturated heterocycles. The molecule has 4 rings (SSSR count). The molecule has 2 heterocycles. The Balaban J connectivity index is 1.77. The summed E-state index contributed by atoms with van der Waals surface area (Å²) < 4.78 is 34.2. The predicted octanol–water partition coefficient (Wildman–Crippen LogP) is 7.02. The smallest absolute Gasteiger partial charge is 0.145 e. The average molecular weight is 562 g/mol. The fourth-order valence-corrected chi connectivity index (χ4v) is 4.60. The first-order valence-corrected chi connectivity index (χ1v) is 12.9. The summed E-state index contributed by atoms with van der Waals surface area (Å²) in [6, 6.07) is 7.83. The van der Waals surface area contributed by atoms with Gasteiger partial charge in [0.15, 0.2) is 0 Å². The fraction of sp³-hybridized carbons (Fsp3) is 0.194. The van der Waals surface area contributed by atoms with E-state index in [9.17, 15) is 8.78 Å². The molecule has 0 fully saturated rings. The van der Waals surface area contributed by atoms with Crippen molar-refractivity contribution >= 4 is 23.1 Å². The number of benzene rings is 1. The number of aryl methyl sites for hydroxylation is 1. The summed E-state index contributed by atoms with van der Waals surface area (Å²) in [5.74, 6) is -0.796. The third kappa shape index (κ3) is 5.82. The number of nitrogens with zero attached hydrogens (tertiary/aromatic N) is 2. The zero-order valence-electron chi connectivity index (χ0n) is 22.8. The van der Waals surface area contributed by atoms with E-state index in [1.54, 1.807) is 25.4 Å². The van der Waals surface area contributed by atoms with Crippen LogP contribution in [0.3, 0.4) is 0 Å². The third-order valence-electron chi connectivity index (χ3n) is 6.89. The number of rotatable bonds is 9. The zero-order valence-corrected chi connectivity index (χ0v) is 23.5. The van der Waals surface area contributed by atoms with Gasteiger partial charge in [-0.1, -0.05) is 24.8 Å². The molecule has 1 aliphatic rings. The van der Waals surface area contributed by atoms with Crippen LogP contribution in [0.2, 0.25) is 5.02 Å². The van der Waals surface area contributed by atoms with Crippen molar-refractivity contribution < 1.29 is 13.5 Å². The SMILES string of the molecule is C=C1C=C(C(=C)NCC(c2ccnc(NC)c2)c2cc(C)c(C)c(-c3cc(Cl)c(F)cc3F)n2)C=C(OC)C1=N. The van der Waals surface area contributed by atoms with Gasteiger partial charge in [0.2, 0.25) is 0 Å². The van der Waals surface area contributed by atoms with Crippen LogP contribution in [0.1, 0.15) is 28.3 Å². The van der Waals surface area contributed by atoms with Crippen molar-refractivity contribution in [3.8, 4) is 11.3 Å². The topological polar surface area (TPSA) is 82.9 Å². The predicted molar refractivity (Wildman–Crippen MR) is 157 cm³/mol. The van der Waals surface area contributed by atoms with Gasteiger partial charge in [0.25, 0.3) is 0 Å². The zero-order chi connectivity index (χ0) is 29.1. The highest BCUT2D eigenvalue weighted by Gasteiger charge is 2.23. The van der Waals surface area contributed by atoms with E-state index in [0.29, 0.717) is 40.8 Å². The molecular weight excluding hydrogens is 532 g/mol. The van der Waals surface area contributed by atoms with E-state index in [4.69, 9.17) is 26.7 Å². The minimum Gasteiger partial charge on any atom is -0.494 e. The number of hydrogen-bond acceptors (Lipinski definition) is 6. The van der Waals surface area contributed by atoms with Crippen molar-refractivity contribution in [1.82, 2.24) is 15.3 Å². The Labute approximate surface area is 237 Å². The van der Waals surface area contributed by atoms with Gasteiger partial charge >= 0.3 is 0 Å². The molecule has 3 N–H and O–H groups in total. The van der Waals surface area contributed by atoms with Gasteiger partial charge < -0.3 is 15.4 Å².